The van der Waals surface area contributed by atoms with Crippen molar-refractivity contribution in [3.8, 4) is 5.75 Å². The predicted octanol–water partition coefficient (Wildman–Crippen LogP) is 3.20. The third kappa shape index (κ3) is 5.31. The lowest BCUT2D eigenvalue weighted by molar-refractivity contribution is 0.122. The van der Waals surface area contributed by atoms with Gasteiger partial charge >= 0.3 is 0 Å². The molecule has 1 saturated carbocycles. The quantitative estimate of drug-likeness (QED) is 0.582. The van der Waals surface area contributed by atoms with Gasteiger partial charge in [0.15, 0.2) is 0 Å². The highest BCUT2D eigenvalue weighted by Gasteiger charge is 2.24. The molecular weight excluding hydrogens is 420 g/mol. The molecule has 0 radical (unpaired) electrons. The lowest BCUT2D eigenvalue weighted by atomic mass is 9.93. The standard InChI is InChI=1S/C24H30N6O3/c1-31-16-17-14-27-24(28-15-17)29-18-2-4-20(5-3-18)33-22-13-19(30-8-10-32-11-9-30)12-21-23(22)26-7-6-25-21/h6-7,12-15,18,20H,2-5,8-11,16H2,1H3,(H,27,28,29)/t18-,20+. The van der Waals surface area contributed by atoms with E-state index in [2.05, 4.69) is 42.3 Å². The fourth-order valence-electron chi connectivity index (χ4n) is 4.48. The Hall–Kier alpha value is -3.04. The van der Waals surface area contributed by atoms with E-state index in [1.54, 1.807) is 31.9 Å². The Morgan fingerprint density at radius 1 is 1.00 bits per heavy atom. The molecule has 0 bridgehead atoms. The summed E-state index contributed by atoms with van der Waals surface area (Å²) >= 11 is 0. The van der Waals surface area contributed by atoms with E-state index in [9.17, 15) is 0 Å². The first-order chi connectivity index (χ1) is 16.3. The first-order valence-electron chi connectivity index (χ1n) is 11.6. The van der Waals surface area contributed by atoms with Gasteiger partial charge in [0.25, 0.3) is 0 Å². The van der Waals surface area contributed by atoms with Gasteiger partial charge < -0.3 is 24.4 Å². The van der Waals surface area contributed by atoms with Crippen LogP contribution in [0.3, 0.4) is 0 Å². The molecule has 174 valence electrons. The number of aromatic nitrogens is 4. The summed E-state index contributed by atoms with van der Waals surface area (Å²) in [7, 11) is 1.67. The zero-order valence-electron chi connectivity index (χ0n) is 18.9. The molecule has 33 heavy (non-hydrogen) atoms. The fourth-order valence-corrected chi connectivity index (χ4v) is 4.48. The zero-order valence-corrected chi connectivity index (χ0v) is 18.9. The molecule has 5 rings (SSSR count). The van der Waals surface area contributed by atoms with Gasteiger partial charge in [0, 0.05) is 68.3 Å². The number of fused-ring (bicyclic) bond motifs is 1. The molecular formula is C24H30N6O3. The summed E-state index contributed by atoms with van der Waals surface area (Å²) in [6, 6.07) is 4.55. The lowest BCUT2D eigenvalue weighted by Crippen LogP contribution is -2.36. The maximum absolute atomic E-state index is 6.51. The molecule has 2 aliphatic rings. The lowest BCUT2D eigenvalue weighted by Gasteiger charge is -2.31. The zero-order chi connectivity index (χ0) is 22.5. The summed E-state index contributed by atoms with van der Waals surface area (Å²) in [4.78, 5) is 20.2. The number of hydrogen-bond donors (Lipinski definition) is 1. The average molecular weight is 451 g/mol. The van der Waals surface area contributed by atoms with E-state index in [4.69, 9.17) is 14.2 Å². The second kappa shape index (κ2) is 10.3. The molecule has 0 atom stereocenters. The number of ether oxygens (including phenoxy) is 3. The molecule has 1 N–H and O–H groups in total. The number of anilines is 2. The Labute approximate surface area is 193 Å². The van der Waals surface area contributed by atoms with E-state index < -0.39 is 0 Å². The molecule has 2 fully saturated rings. The Balaban J connectivity index is 1.23. The molecule has 3 aromatic rings. The smallest absolute Gasteiger partial charge is 0.222 e. The minimum atomic E-state index is 0.151. The molecule has 2 aromatic heterocycles. The number of nitrogens with one attached hydrogen (secondary N) is 1. The van der Waals surface area contributed by atoms with Crippen molar-refractivity contribution in [1.29, 1.82) is 0 Å². The molecule has 1 aliphatic heterocycles. The number of hydrogen-bond acceptors (Lipinski definition) is 9. The number of nitrogens with zero attached hydrogens (tertiary/aromatic N) is 5. The summed E-state index contributed by atoms with van der Waals surface area (Å²) in [5.74, 6) is 1.48. The van der Waals surface area contributed by atoms with Crippen molar-refractivity contribution in [3.05, 3.63) is 42.5 Å². The van der Waals surface area contributed by atoms with Crippen LogP contribution in [0.1, 0.15) is 31.2 Å². The summed E-state index contributed by atoms with van der Waals surface area (Å²) < 4.78 is 17.1. The largest absolute Gasteiger partial charge is 0.488 e. The Morgan fingerprint density at radius 2 is 1.76 bits per heavy atom. The van der Waals surface area contributed by atoms with Crippen LogP contribution in [0.5, 0.6) is 5.75 Å². The van der Waals surface area contributed by atoms with Crippen LogP contribution in [0.2, 0.25) is 0 Å². The van der Waals surface area contributed by atoms with E-state index in [1.807, 2.05) is 0 Å². The monoisotopic (exact) mass is 450 g/mol. The summed E-state index contributed by atoms with van der Waals surface area (Å²) in [5.41, 5.74) is 3.76. The molecule has 1 aliphatic carbocycles. The third-order valence-corrected chi connectivity index (χ3v) is 6.22. The van der Waals surface area contributed by atoms with Gasteiger partial charge in [-0.2, -0.15) is 0 Å². The van der Waals surface area contributed by atoms with E-state index in [0.717, 1.165) is 80.0 Å². The molecule has 3 heterocycles. The van der Waals surface area contributed by atoms with E-state index in [1.165, 1.54) is 0 Å². The van der Waals surface area contributed by atoms with Gasteiger partial charge in [-0.3, -0.25) is 4.98 Å². The first kappa shape index (κ1) is 21.8. The van der Waals surface area contributed by atoms with Crippen LogP contribution in [0.25, 0.3) is 11.0 Å². The third-order valence-electron chi connectivity index (χ3n) is 6.22. The fraction of sp³-hybridized carbons (Fsp3) is 0.500. The second-order valence-corrected chi connectivity index (χ2v) is 8.55. The average Bonchev–Trinajstić information content (AvgIpc) is 2.87. The highest BCUT2D eigenvalue weighted by Crippen LogP contribution is 2.33. The first-order valence-corrected chi connectivity index (χ1v) is 11.6. The maximum Gasteiger partial charge on any atom is 0.222 e. The van der Waals surface area contributed by atoms with Gasteiger partial charge in [0.1, 0.15) is 11.3 Å². The summed E-state index contributed by atoms with van der Waals surface area (Å²) in [5, 5.41) is 3.46. The van der Waals surface area contributed by atoms with Gasteiger partial charge in [-0.25, -0.2) is 15.0 Å². The van der Waals surface area contributed by atoms with Crippen molar-refractivity contribution in [1.82, 2.24) is 19.9 Å². The molecule has 9 nitrogen and oxygen atoms in total. The predicted molar refractivity (Wildman–Crippen MR) is 126 cm³/mol. The number of benzene rings is 1. The normalized spacial score (nSPS) is 21.2. The van der Waals surface area contributed by atoms with Crippen LogP contribution >= 0.6 is 0 Å². The van der Waals surface area contributed by atoms with Crippen molar-refractivity contribution in [2.45, 2.75) is 44.4 Å². The molecule has 0 unspecified atom stereocenters. The van der Waals surface area contributed by atoms with E-state index in [0.29, 0.717) is 18.6 Å². The van der Waals surface area contributed by atoms with Crippen molar-refractivity contribution in [2.75, 3.05) is 43.6 Å². The number of morpholine rings is 1. The topological polar surface area (TPSA) is 94.5 Å². The van der Waals surface area contributed by atoms with Crippen LogP contribution in [-0.2, 0) is 16.1 Å². The maximum atomic E-state index is 6.51. The SMILES string of the molecule is COCc1cnc(N[C@H]2CC[C@@H](Oc3cc(N4CCOCC4)cc4nccnc34)CC2)nc1. The van der Waals surface area contributed by atoms with Gasteiger partial charge in [-0.15, -0.1) is 0 Å². The van der Waals surface area contributed by atoms with Crippen LogP contribution in [0.4, 0.5) is 11.6 Å². The van der Waals surface area contributed by atoms with Crippen LogP contribution in [0, 0.1) is 0 Å². The van der Waals surface area contributed by atoms with Gasteiger partial charge in [-0.1, -0.05) is 0 Å². The van der Waals surface area contributed by atoms with Crippen LogP contribution < -0.4 is 15.0 Å². The molecule has 9 heteroatoms. The number of rotatable bonds is 7. The molecule has 0 amide bonds. The minimum Gasteiger partial charge on any atom is -0.488 e. The van der Waals surface area contributed by atoms with Gasteiger partial charge in [0.2, 0.25) is 5.95 Å². The van der Waals surface area contributed by atoms with Crippen LogP contribution in [-0.4, -0.2) is 65.5 Å². The van der Waals surface area contributed by atoms with Crippen molar-refractivity contribution in [2.24, 2.45) is 0 Å². The second-order valence-electron chi connectivity index (χ2n) is 8.55. The van der Waals surface area contributed by atoms with Gasteiger partial charge in [-0.05, 0) is 31.7 Å². The summed E-state index contributed by atoms with van der Waals surface area (Å²) in [6.07, 6.45) is 11.1. The Bertz CT molecular complexity index is 1050. The van der Waals surface area contributed by atoms with Crippen molar-refractivity contribution >= 4 is 22.7 Å². The molecule has 1 saturated heterocycles. The molecule has 1 aromatic carbocycles. The van der Waals surface area contributed by atoms with Crippen molar-refractivity contribution in [3.63, 3.8) is 0 Å². The van der Waals surface area contributed by atoms with Gasteiger partial charge in [0.05, 0.1) is 31.4 Å². The van der Waals surface area contributed by atoms with E-state index in [-0.39, 0.29) is 6.10 Å². The van der Waals surface area contributed by atoms with Crippen LogP contribution in [0.15, 0.2) is 36.9 Å². The number of methoxy groups -OCH3 is 1. The minimum absolute atomic E-state index is 0.151. The molecule has 0 spiro atoms. The Kier molecular flexibility index (Phi) is 6.78. The highest BCUT2D eigenvalue weighted by molar-refractivity contribution is 5.85. The Morgan fingerprint density at radius 3 is 2.52 bits per heavy atom. The summed E-state index contributed by atoms with van der Waals surface area (Å²) in [6.45, 7) is 3.75. The highest BCUT2D eigenvalue weighted by atomic mass is 16.5. The van der Waals surface area contributed by atoms with Crippen molar-refractivity contribution < 1.29 is 14.2 Å². The van der Waals surface area contributed by atoms with E-state index >= 15 is 0 Å².